The number of benzene rings is 3. The van der Waals surface area contributed by atoms with Crippen molar-refractivity contribution in [3.63, 3.8) is 0 Å². The second-order valence-corrected chi connectivity index (χ2v) is 10.8. The van der Waals surface area contributed by atoms with Gasteiger partial charge in [-0.2, -0.15) is 0 Å². The van der Waals surface area contributed by atoms with Gasteiger partial charge in [-0.15, -0.1) is 0 Å². The Bertz CT molecular complexity index is 1250. The zero-order chi connectivity index (χ0) is 30.3. The van der Waals surface area contributed by atoms with Crippen LogP contribution in [0.5, 0.6) is 11.5 Å². The van der Waals surface area contributed by atoms with Gasteiger partial charge in [-0.3, -0.25) is 4.79 Å². The summed E-state index contributed by atoms with van der Waals surface area (Å²) in [7, 11) is 3.37. The van der Waals surface area contributed by atoms with Gasteiger partial charge >= 0.3 is 0 Å². The Morgan fingerprint density at radius 1 is 0.930 bits per heavy atom. The molecule has 0 radical (unpaired) electrons. The summed E-state index contributed by atoms with van der Waals surface area (Å²) in [5, 5.41) is 6.51. The number of carbonyl (C=O) groups is 1. The Labute approximate surface area is 256 Å². The first-order valence-corrected chi connectivity index (χ1v) is 15.2. The average Bonchev–Trinajstić information content (AvgIpc) is 3.04. The van der Waals surface area contributed by atoms with Gasteiger partial charge in [0.2, 0.25) is 0 Å². The highest BCUT2D eigenvalue weighted by atomic mass is 16.5. The van der Waals surface area contributed by atoms with Gasteiger partial charge in [-0.1, -0.05) is 48.5 Å². The molecule has 3 aromatic rings. The third-order valence-corrected chi connectivity index (χ3v) is 7.70. The standard InChI is InChI=1S/C35H46N2O6/c1-26(35(38)37-32-13-6-4-10-28(32)12-8-21-39-2)43-34-24-36-20-19-31(34)27-15-17-30(18-16-27)42-23-9-22-41-25-29-11-5-7-14-33(29)40-3/h4-7,10-11,13-18,26,31,34,36H,8-9,12,19-25H2,1-3H3,(H,37,38). The van der Waals surface area contributed by atoms with Crippen LogP contribution < -0.4 is 20.1 Å². The molecule has 1 aliphatic heterocycles. The number of amides is 1. The second-order valence-electron chi connectivity index (χ2n) is 10.8. The molecule has 1 fully saturated rings. The number of piperidine rings is 1. The van der Waals surface area contributed by atoms with Crippen LogP contribution in [0.2, 0.25) is 0 Å². The van der Waals surface area contributed by atoms with Crippen molar-refractivity contribution in [1.82, 2.24) is 5.32 Å². The lowest BCUT2D eigenvalue weighted by molar-refractivity contribution is -0.131. The molecule has 43 heavy (non-hydrogen) atoms. The van der Waals surface area contributed by atoms with E-state index in [-0.39, 0.29) is 17.9 Å². The number of anilines is 1. The molecule has 8 nitrogen and oxygen atoms in total. The van der Waals surface area contributed by atoms with Crippen LogP contribution >= 0.6 is 0 Å². The Kier molecular flexibility index (Phi) is 13.3. The van der Waals surface area contributed by atoms with E-state index in [0.717, 1.165) is 60.5 Å². The molecule has 1 amide bonds. The highest BCUT2D eigenvalue weighted by Gasteiger charge is 2.30. The number of para-hydroxylation sites is 2. The van der Waals surface area contributed by atoms with E-state index in [0.29, 0.717) is 33.0 Å². The van der Waals surface area contributed by atoms with E-state index in [1.165, 1.54) is 5.56 Å². The van der Waals surface area contributed by atoms with Crippen molar-refractivity contribution >= 4 is 11.6 Å². The van der Waals surface area contributed by atoms with E-state index >= 15 is 0 Å². The molecule has 4 rings (SSSR count). The summed E-state index contributed by atoms with van der Waals surface area (Å²) in [6.07, 6.45) is 2.76. The first-order valence-electron chi connectivity index (χ1n) is 15.2. The van der Waals surface area contributed by atoms with Crippen LogP contribution in [0.25, 0.3) is 0 Å². The summed E-state index contributed by atoms with van der Waals surface area (Å²) in [5.74, 6) is 1.72. The summed E-state index contributed by atoms with van der Waals surface area (Å²) in [5.41, 5.74) is 4.15. The van der Waals surface area contributed by atoms with Gasteiger partial charge in [0.15, 0.2) is 0 Å². The fourth-order valence-corrected chi connectivity index (χ4v) is 5.35. The summed E-state index contributed by atoms with van der Waals surface area (Å²) in [6.45, 7) is 5.82. The number of methoxy groups -OCH3 is 2. The Hall–Kier alpha value is -3.43. The Morgan fingerprint density at radius 3 is 2.49 bits per heavy atom. The second kappa shape index (κ2) is 17.6. The number of hydrogen-bond acceptors (Lipinski definition) is 7. The molecule has 0 saturated carbocycles. The van der Waals surface area contributed by atoms with Crippen molar-refractivity contribution in [3.8, 4) is 11.5 Å². The third kappa shape index (κ3) is 10.1. The molecular formula is C35H46N2O6. The van der Waals surface area contributed by atoms with Crippen LogP contribution in [0, 0.1) is 0 Å². The molecule has 1 aliphatic rings. The lowest BCUT2D eigenvalue weighted by atomic mass is 9.87. The number of rotatable bonds is 17. The molecule has 1 heterocycles. The van der Waals surface area contributed by atoms with Crippen molar-refractivity contribution in [2.75, 3.05) is 52.4 Å². The fraction of sp³-hybridized carbons (Fsp3) is 0.457. The molecule has 3 aromatic carbocycles. The molecule has 232 valence electrons. The van der Waals surface area contributed by atoms with Crippen molar-refractivity contribution in [3.05, 3.63) is 89.5 Å². The van der Waals surface area contributed by atoms with Crippen molar-refractivity contribution in [2.45, 2.75) is 57.3 Å². The van der Waals surface area contributed by atoms with Crippen LogP contribution in [0.1, 0.15) is 48.8 Å². The summed E-state index contributed by atoms with van der Waals surface area (Å²) in [4.78, 5) is 13.1. The summed E-state index contributed by atoms with van der Waals surface area (Å²) >= 11 is 0. The van der Waals surface area contributed by atoms with E-state index in [2.05, 4.69) is 22.8 Å². The highest BCUT2D eigenvalue weighted by Crippen LogP contribution is 2.30. The van der Waals surface area contributed by atoms with Gasteiger partial charge in [0, 0.05) is 43.9 Å². The first kappa shape index (κ1) is 32.5. The minimum atomic E-state index is -0.591. The van der Waals surface area contributed by atoms with E-state index in [4.69, 9.17) is 23.7 Å². The number of hydrogen-bond donors (Lipinski definition) is 2. The Balaban J connectivity index is 1.23. The molecule has 0 spiro atoms. The Morgan fingerprint density at radius 2 is 1.70 bits per heavy atom. The lowest BCUT2D eigenvalue weighted by Crippen LogP contribution is -2.44. The molecule has 1 saturated heterocycles. The monoisotopic (exact) mass is 590 g/mol. The maximum Gasteiger partial charge on any atom is 0.253 e. The van der Waals surface area contributed by atoms with Crippen LogP contribution in [0.15, 0.2) is 72.8 Å². The number of ether oxygens (including phenoxy) is 5. The average molecular weight is 591 g/mol. The van der Waals surface area contributed by atoms with Gasteiger partial charge in [0.05, 0.1) is 33.0 Å². The molecule has 0 aliphatic carbocycles. The SMILES string of the molecule is COCCCc1ccccc1NC(=O)C(C)OC1CNCCC1c1ccc(OCCCOCc2ccccc2OC)cc1. The molecule has 2 N–H and O–H groups in total. The predicted octanol–water partition coefficient (Wildman–Crippen LogP) is 5.75. The molecule has 3 unspecified atom stereocenters. The molecule has 0 bridgehead atoms. The topological polar surface area (TPSA) is 87.3 Å². The van der Waals surface area contributed by atoms with Gasteiger partial charge in [0.25, 0.3) is 5.91 Å². The molecule has 8 heteroatoms. The summed E-state index contributed by atoms with van der Waals surface area (Å²) < 4.78 is 28.7. The van der Waals surface area contributed by atoms with Crippen LogP contribution in [-0.2, 0) is 32.0 Å². The smallest absolute Gasteiger partial charge is 0.253 e. The van der Waals surface area contributed by atoms with Crippen molar-refractivity contribution < 1.29 is 28.5 Å². The van der Waals surface area contributed by atoms with E-state index in [1.54, 1.807) is 14.2 Å². The molecule has 3 atom stereocenters. The van der Waals surface area contributed by atoms with Gasteiger partial charge in [-0.05, 0) is 68.1 Å². The normalized spacial score (nSPS) is 17.3. The zero-order valence-corrected chi connectivity index (χ0v) is 25.7. The maximum absolute atomic E-state index is 13.1. The minimum Gasteiger partial charge on any atom is -0.496 e. The fourth-order valence-electron chi connectivity index (χ4n) is 5.35. The minimum absolute atomic E-state index is 0.112. The van der Waals surface area contributed by atoms with Crippen LogP contribution in [0.3, 0.4) is 0 Å². The molecular weight excluding hydrogens is 544 g/mol. The van der Waals surface area contributed by atoms with Crippen molar-refractivity contribution in [2.24, 2.45) is 0 Å². The number of nitrogens with one attached hydrogen (secondary N) is 2. The highest BCUT2D eigenvalue weighted by molar-refractivity contribution is 5.94. The maximum atomic E-state index is 13.1. The molecule has 0 aromatic heterocycles. The largest absolute Gasteiger partial charge is 0.496 e. The van der Waals surface area contributed by atoms with Gasteiger partial charge in [0.1, 0.15) is 17.6 Å². The first-order chi connectivity index (χ1) is 21.1. The number of aryl methyl sites for hydroxylation is 1. The number of carbonyl (C=O) groups excluding carboxylic acids is 1. The van der Waals surface area contributed by atoms with E-state index in [9.17, 15) is 4.79 Å². The van der Waals surface area contributed by atoms with Gasteiger partial charge < -0.3 is 34.3 Å². The van der Waals surface area contributed by atoms with Crippen LogP contribution in [-0.4, -0.2) is 65.2 Å². The lowest BCUT2D eigenvalue weighted by Gasteiger charge is -2.34. The summed E-state index contributed by atoms with van der Waals surface area (Å²) in [6, 6.07) is 24.1. The van der Waals surface area contributed by atoms with Gasteiger partial charge in [-0.25, -0.2) is 0 Å². The van der Waals surface area contributed by atoms with E-state index in [1.807, 2.05) is 67.6 Å². The van der Waals surface area contributed by atoms with Crippen molar-refractivity contribution in [1.29, 1.82) is 0 Å². The van der Waals surface area contributed by atoms with E-state index < -0.39 is 6.10 Å². The third-order valence-electron chi connectivity index (χ3n) is 7.70. The predicted molar refractivity (Wildman–Crippen MR) is 169 cm³/mol. The zero-order valence-electron chi connectivity index (χ0n) is 25.7. The quantitative estimate of drug-likeness (QED) is 0.194. The van der Waals surface area contributed by atoms with Crippen LogP contribution in [0.4, 0.5) is 5.69 Å².